The number of aromatic nitrogens is 4. The Labute approximate surface area is 169 Å². The molecule has 4 aromatic rings. The van der Waals surface area contributed by atoms with Crippen LogP contribution >= 0.6 is 11.3 Å². The number of sulfonamides is 1. The van der Waals surface area contributed by atoms with Crippen molar-refractivity contribution in [3.8, 4) is 11.4 Å². The Balaban J connectivity index is 1.58. The number of fused-ring (bicyclic) bond motifs is 1. The normalized spacial score (nSPS) is 14.2. The Morgan fingerprint density at radius 2 is 2.03 bits per heavy atom. The molecule has 11 heteroatoms. The molecule has 1 atom stereocenters. The lowest BCUT2D eigenvalue weighted by atomic mass is 10.1. The number of tetrazole rings is 1. The summed E-state index contributed by atoms with van der Waals surface area (Å²) in [4.78, 5) is 0.457. The van der Waals surface area contributed by atoms with Crippen LogP contribution in [-0.4, -0.2) is 40.7 Å². The Morgan fingerprint density at radius 1 is 1.24 bits per heavy atom. The number of H-pyrrole nitrogens is 1. The van der Waals surface area contributed by atoms with E-state index in [0.717, 1.165) is 28.3 Å². The zero-order valence-corrected chi connectivity index (χ0v) is 16.8. The monoisotopic (exact) mass is 433 g/mol. The van der Waals surface area contributed by atoms with Crippen molar-refractivity contribution in [3.05, 3.63) is 59.2 Å². The van der Waals surface area contributed by atoms with Gasteiger partial charge in [0.1, 0.15) is 11.4 Å². The summed E-state index contributed by atoms with van der Waals surface area (Å²) in [6.07, 6.45) is 0. The molecular weight excluding hydrogens is 417 g/mol. The van der Waals surface area contributed by atoms with Crippen LogP contribution in [0.3, 0.4) is 0 Å². The van der Waals surface area contributed by atoms with E-state index in [1.807, 2.05) is 30.3 Å². The molecule has 2 heterocycles. The number of benzene rings is 2. The SMILES string of the molecule is CC(O)(CNS(=O)(=O)c1ccc(F)c(-c2nn[nH]n2)c1)c1cc2ccccc2s1. The summed E-state index contributed by atoms with van der Waals surface area (Å²) in [5.41, 5.74) is -1.52. The lowest BCUT2D eigenvalue weighted by Crippen LogP contribution is -2.38. The number of halogens is 1. The first-order valence-corrected chi connectivity index (χ1v) is 10.8. The van der Waals surface area contributed by atoms with Crippen molar-refractivity contribution < 1.29 is 17.9 Å². The quantitative estimate of drug-likeness (QED) is 0.429. The zero-order chi connectivity index (χ0) is 20.6. The molecule has 0 saturated carbocycles. The number of aliphatic hydroxyl groups is 1. The van der Waals surface area contributed by atoms with Crippen LogP contribution in [0.2, 0.25) is 0 Å². The molecule has 0 spiro atoms. The van der Waals surface area contributed by atoms with Crippen molar-refractivity contribution in [2.75, 3.05) is 6.54 Å². The molecule has 0 saturated heterocycles. The van der Waals surface area contributed by atoms with Crippen LogP contribution in [0.5, 0.6) is 0 Å². The number of hydrogen-bond acceptors (Lipinski definition) is 7. The van der Waals surface area contributed by atoms with E-state index in [1.54, 1.807) is 0 Å². The Kier molecular flexibility index (Phi) is 4.90. The van der Waals surface area contributed by atoms with Crippen LogP contribution < -0.4 is 4.72 Å². The van der Waals surface area contributed by atoms with Crippen molar-refractivity contribution in [1.29, 1.82) is 0 Å². The lowest BCUT2D eigenvalue weighted by Gasteiger charge is -2.22. The molecule has 2 aromatic carbocycles. The van der Waals surface area contributed by atoms with Crippen molar-refractivity contribution in [2.24, 2.45) is 0 Å². The van der Waals surface area contributed by atoms with Crippen LogP contribution in [0.4, 0.5) is 4.39 Å². The van der Waals surface area contributed by atoms with Crippen LogP contribution in [0, 0.1) is 5.82 Å². The van der Waals surface area contributed by atoms with Gasteiger partial charge in [0.05, 0.1) is 10.5 Å². The maximum atomic E-state index is 14.0. The summed E-state index contributed by atoms with van der Waals surface area (Å²) in [5, 5.41) is 24.7. The Morgan fingerprint density at radius 3 is 2.76 bits per heavy atom. The second kappa shape index (κ2) is 7.26. The van der Waals surface area contributed by atoms with Gasteiger partial charge in [-0.05, 0) is 47.9 Å². The molecule has 150 valence electrons. The van der Waals surface area contributed by atoms with E-state index in [4.69, 9.17) is 0 Å². The highest BCUT2D eigenvalue weighted by atomic mass is 32.2. The largest absolute Gasteiger partial charge is 0.383 e. The first kappa shape index (κ1) is 19.6. The third-order valence-corrected chi connectivity index (χ3v) is 7.17. The van der Waals surface area contributed by atoms with E-state index in [9.17, 15) is 17.9 Å². The number of hydrogen-bond donors (Lipinski definition) is 3. The fourth-order valence-corrected chi connectivity index (χ4v) is 5.04. The molecule has 1 unspecified atom stereocenters. The standard InChI is InChI=1S/C18H16FN5O3S2/c1-18(25,16-8-11-4-2-3-5-15(11)28-16)10-20-29(26,27)12-6-7-14(19)13(9-12)17-21-23-24-22-17/h2-9,20,25H,10H2,1H3,(H,21,22,23,24). The van der Waals surface area contributed by atoms with E-state index in [2.05, 4.69) is 25.3 Å². The highest BCUT2D eigenvalue weighted by Crippen LogP contribution is 2.33. The molecule has 3 N–H and O–H groups in total. The summed E-state index contributed by atoms with van der Waals surface area (Å²) in [6, 6.07) is 12.8. The molecule has 0 aliphatic rings. The topological polar surface area (TPSA) is 121 Å². The summed E-state index contributed by atoms with van der Waals surface area (Å²) >= 11 is 1.39. The van der Waals surface area contributed by atoms with E-state index in [-0.39, 0.29) is 22.8 Å². The van der Waals surface area contributed by atoms with E-state index >= 15 is 0 Å². The predicted octanol–water partition coefficient (Wildman–Crippen LogP) is 2.41. The summed E-state index contributed by atoms with van der Waals surface area (Å²) in [5.74, 6) is -0.737. The molecule has 8 nitrogen and oxygen atoms in total. The van der Waals surface area contributed by atoms with Crippen molar-refractivity contribution in [2.45, 2.75) is 17.4 Å². The van der Waals surface area contributed by atoms with Gasteiger partial charge in [0.15, 0.2) is 0 Å². The predicted molar refractivity (Wildman–Crippen MR) is 106 cm³/mol. The van der Waals surface area contributed by atoms with Gasteiger partial charge in [0.2, 0.25) is 15.8 Å². The summed E-state index contributed by atoms with van der Waals surface area (Å²) < 4.78 is 42.9. The molecule has 0 radical (unpaired) electrons. The fourth-order valence-electron chi connectivity index (χ4n) is 2.77. The minimum Gasteiger partial charge on any atom is -0.383 e. The number of nitrogens with zero attached hydrogens (tertiary/aromatic N) is 3. The van der Waals surface area contributed by atoms with Gasteiger partial charge in [0.25, 0.3) is 0 Å². The van der Waals surface area contributed by atoms with E-state index < -0.39 is 21.4 Å². The van der Waals surface area contributed by atoms with Crippen LogP contribution in [0.15, 0.2) is 53.4 Å². The van der Waals surface area contributed by atoms with Crippen molar-refractivity contribution >= 4 is 31.4 Å². The molecule has 29 heavy (non-hydrogen) atoms. The lowest BCUT2D eigenvalue weighted by molar-refractivity contribution is 0.0666. The van der Waals surface area contributed by atoms with Crippen molar-refractivity contribution in [1.82, 2.24) is 25.3 Å². The van der Waals surface area contributed by atoms with Gasteiger partial charge in [-0.1, -0.05) is 18.2 Å². The molecular formula is C18H16FN5O3S2. The molecule has 0 fully saturated rings. The van der Waals surface area contributed by atoms with Gasteiger partial charge in [0, 0.05) is 16.1 Å². The van der Waals surface area contributed by atoms with Crippen molar-refractivity contribution in [3.63, 3.8) is 0 Å². The maximum absolute atomic E-state index is 14.0. The summed E-state index contributed by atoms with van der Waals surface area (Å²) in [6.45, 7) is 1.28. The average molecular weight is 433 g/mol. The minimum atomic E-state index is -4.02. The number of thiophene rings is 1. The van der Waals surface area contributed by atoms with Gasteiger partial charge >= 0.3 is 0 Å². The molecule has 0 aliphatic heterocycles. The van der Waals surface area contributed by atoms with Crippen LogP contribution in [0.25, 0.3) is 21.5 Å². The van der Waals surface area contributed by atoms with E-state index in [1.165, 1.54) is 18.3 Å². The molecule has 0 aliphatic carbocycles. The first-order valence-electron chi connectivity index (χ1n) is 8.51. The van der Waals surface area contributed by atoms with Gasteiger partial charge < -0.3 is 5.11 Å². The smallest absolute Gasteiger partial charge is 0.240 e. The van der Waals surface area contributed by atoms with Crippen LogP contribution in [0.1, 0.15) is 11.8 Å². The molecule has 0 amide bonds. The van der Waals surface area contributed by atoms with Gasteiger partial charge in [-0.3, -0.25) is 0 Å². The van der Waals surface area contributed by atoms with Crippen LogP contribution in [-0.2, 0) is 15.6 Å². The molecule has 2 aromatic heterocycles. The molecule has 0 bridgehead atoms. The minimum absolute atomic E-state index is 0.0585. The highest BCUT2D eigenvalue weighted by Gasteiger charge is 2.28. The number of aromatic amines is 1. The number of nitrogens with one attached hydrogen (secondary N) is 2. The number of rotatable bonds is 6. The Hall–Kier alpha value is -2.73. The van der Waals surface area contributed by atoms with Gasteiger partial charge in [-0.15, -0.1) is 21.5 Å². The zero-order valence-electron chi connectivity index (χ0n) is 15.1. The second-order valence-corrected chi connectivity index (χ2v) is 9.47. The maximum Gasteiger partial charge on any atom is 0.240 e. The highest BCUT2D eigenvalue weighted by molar-refractivity contribution is 7.89. The third kappa shape index (κ3) is 3.90. The van der Waals surface area contributed by atoms with E-state index in [0.29, 0.717) is 4.88 Å². The fraction of sp³-hybridized carbons (Fsp3) is 0.167. The van der Waals surface area contributed by atoms with Gasteiger partial charge in [-0.2, -0.15) is 5.21 Å². The van der Waals surface area contributed by atoms with Gasteiger partial charge in [-0.25, -0.2) is 17.5 Å². The first-order chi connectivity index (χ1) is 13.8. The Bertz CT molecular complexity index is 1240. The second-order valence-electron chi connectivity index (χ2n) is 6.62. The summed E-state index contributed by atoms with van der Waals surface area (Å²) in [7, 11) is -4.02. The average Bonchev–Trinajstić information content (AvgIpc) is 3.37. The molecule has 4 rings (SSSR count). The third-order valence-electron chi connectivity index (χ3n) is 4.40.